The molecule has 32 heavy (non-hydrogen) atoms. The maximum absolute atomic E-state index is 4.57. The van der Waals surface area contributed by atoms with Crippen LogP contribution in [0, 0.1) is 13.8 Å². The van der Waals surface area contributed by atoms with Gasteiger partial charge in [0.1, 0.15) is 11.4 Å². The number of aryl methyl sites for hydroxylation is 2. The van der Waals surface area contributed by atoms with Gasteiger partial charge in [0.2, 0.25) is 0 Å². The molecule has 2 aromatic carbocycles. The number of rotatable bonds is 6. The van der Waals surface area contributed by atoms with E-state index >= 15 is 0 Å². The second-order valence-electron chi connectivity index (χ2n) is 8.01. The summed E-state index contributed by atoms with van der Waals surface area (Å²) in [5.74, 6) is 0. The molecule has 0 amide bonds. The fourth-order valence-electron chi connectivity index (χ4n) is 3.46. The summed E-state index contributed by atoms with van der Waals surface area (Å²) in [6.07, 6.45) is 5.66. The van der Waals surface area contributed by atoms with E-state index in [-0.39, 0.29) is 0 Å². The average molecular weight is 422 g/mol. The minimum Gasteiger partial charge on any atom is -0.254 e. The van der Waals surface area contributed by atoms with Crippen molar-refractivity contribution in [2.45, 2.75) is 26.9 Å². The van der Waals surface area contributed by atoms with Crippen molar-refractivity contribution in [3.05, 3.63) is 102 Å². The SMILES string of the molecule is Cc1ccc(Cn2cc(-c3ccc(-c4cn(Cc5ccc(C)cc5)nn4)nc3)nn2)cc1. The second kappa shape index (κ2) is 8.55. The average Bonchev–Trinajstić information content (AvgIpc) is 3.47. The third kappa shape index (κ3) is 4.46. The quantitative estimate of drug-likeness (QED) is 0.408. The van der Waals surface area contributed by atoms with E-state index in [1.54, 1.807) is 6.20 Å². The van der Waals surface area contributed by atoms with Crippen LogP contribution >= 0.6 is 0 Å². The molecule has 7 nitrogen and oxygen atoms in total. The van der Waals surface area contributed by atoms with E-state index in [9.17, 15) is 0 Å². The molecular formula is C25H23N7. The van der Waals surface area contributed by atoms with Gasteiger partial charge in [0, 0.05) is 11.8 Å². The summed E-state index contributed by atoms with van der Waals surface area (Å²) >= 11 is 0. The molecule has 0 radical (unpaired) electrons. The van der Waals surface area contributed by atoms with Gasteiger partial charge in [-0.2, -0.15) is 0 Å². The molecule has 3 heterocycles. The zero-order valence-electron chi connectivity index (χ0n) is 18.1. The Morgan fingerprint density at radius 1 is 0.594 bits per heavy atom. The minimum atomic E-state index is 0.676. The normalized spacial score (nSPS) is 11.1. The Balaban J connectivity index is 1.27. The summed E-state index contributed by atoms with van der Waals surface area (Å²) in [5, 5.41) is 17.1. The third-order valence-electron chi connectivity index (χ3n) is 5.33. The molecule has 5 rings (SSSR count). The first-order valence-corrected chi connectivity index (χ1v) is 10.5. The third-order valence-corrected chi connectivity index (χ3v) is 5.33. The number of aromatic nitrogens is 7. The molecule has 0 aliphatic carbocycles. The highest BCUT2D eigenvalue weighted by Gasteiger charge is 2.09. The molecule has 0 aliphatic rings. The molecule has 0 saturated heterocycles. The van der Waals surface area contributed by atoms with Crippen molar-refractivity contribution in [3.8, 4) is 22.6 Å². The van der Waals surface area contributed by atoms with Crippen LogP contribution in [0.25, 0.3) is 22.6 Å². The van der Waals surface area contributed by atoms with Crippen molar-refractivity contribution < 1.29 is 0 Å². The van der Waals surface area contributed by atoms with E-state index in [0.717, 1.165) is 22.6 Å². The van der Waals surface area contributed by atoms with Gasteiger partial charge >= 0.3 is 0 Å². The molecule has 0 atom stereocenters. The number of nitrogens with zero attached hydrogens (tertiary/aromatic N) is 7. The predicted octanol–water partition coefficient (Wildman–Crippen LogP) is 4.31. The number of hydrogen-bond acceptors (Lipinski definition) is 5. The molecular weight excluding hydrogens is 398 g/mol. The highest BCUT2D eigenvalue weighted by Crippen LogP contribution is 2.20. The first-order chi connectivity index (χ1) is 15.6. The summed E-state index contributed by atoms with van der Waals surface area (Å²) in [6.45, 7) is 5.52. The Bertz CT molecular complexity index is 1210. The molecule has 158 valence electrons. The number of hydrogen-bond donors (Lipinski definition) is 0. The van der Waals surface area contributed by atoms with Gasteiger partial charge in [0.25, 0.3) is 0 Å². The van der Waals surface area contributed by atoms with Gasteiger partial charge in [-0.15, -0.1) is 10.2 Å². The highest BCUT2D eigenvalue weighted by atomic mass is 15.4. The van der Waals surface area contributed by atoms with E-state index < -0.39 is 0 Å². The Kier molecular flexibility index (Phi) is 5.29. The fraction of sp³-hybridized carbons (Fsp3) is 0.160. The largest absolute Gasteiger partial charge is 0.254 e. The first-order valence-electron chi connectivity index (χ1n) is 10.5. The molecule has 0 bridgehead atoms. The van der Waals surface area contributed by atoms with E-state index in [1.165, 1.54) is 22.3 Å². The van der Waals surface area contributed by atoms with E-state index in [2.05, 4.69) is 88.0 Å². The van der Waals surface area contributed by atoms with Crippen molar-refractivity contribution in [2.24, 2.45) is 0 Å². The van der Waals surface area contributed by atoms with Crippen LogP contribution < -0.4 is 0 Å². The maximum Gasteiger partial charge on any atom is 0.131 e. The van der Waals surface area contributed by atoms with Crippen LogP contribution in [0.1, 0.15) is 22.3 Å². The van der Waals surface area contributed by atoms with Gasteiger partial charge in [-0.25, -0.2) is 9.36 Å². The van der Waals surface area contributed by atoms with Gasteiger partial charge in [-0.05, 0) is 37.1 Å². The Morgan fingerprint density at radius 3 is 1.66 bits per heavy atom. The summed E-state index contributed by atoms with van der Waals surface area (Å²) in [7, 11) is 0. The maximum atomic E-state index is 4.57. The monoisotopic (exact) mass is 421 g/mol. The van der Waals surface area contributed by atoms with Gasteiger partial charge in [-0.3, -0.25) is 4.98 Å². The lowest BCUT2D eigenvalue weighted by atomic mass is 10.1. The second-order valence-corrected chi connectivity index (χ2v) is 8.01. The zero-order valence-corrected chi connectivity index (χ0v) is 18.1. The summed E-state index contributed by atoms with van der Waals surface area (Å²) in [4.78, 5) is 4.57. The molecule has 5 aromatic rings. The number of pyridine rings is 1. The lowest BCUT2D eigenvalue weighted by molar-refractivity contribution is 0.649. The Labute approximate surface area is 186 Å². The van der Waals surface area contributed by atoms with Crippen LogP contribution in [0.4, 0.5) is 0 Å². The van der Waals surface area contributed by atoms with E-state index in [0.29, 0.717) is 13.1 Å². The molecule has 0 aliphatic heterocycles. The first kappa shape index (κ1) is 19.8. The minimum absolute atomic E-state index is 0.676. The summed E-state index contributed by atoms with van der Waals surface area (Å²) in [5.41, 5.74) is 8.08. The smallest absolute Gasteiger partial charge is 0.131 e. The topological polar surface area (TPSA) is 74.3 Å². The van der Waals surface area contributed by atoms with Crippen LogP contribution in [0.15, 0.2) is 79.3 Å². The van der Waals surface area contributed by atoms with Gasteiger partial charge in [0.05, 0.1) is 31.2 Å². The highest BCUT2D eigenvalue weighted by molar-refractivity contribution is 5.61. The van der Waals surface area contributed by atoms with Crippen molar-refractivity contribution in [3.63, 3.8) is 0 Å². The standard InChI is InChI=1S/C25H23N7/c1-18-3-7-20(8-4-18)14-31-16-24(27-29-31)22-11-12-23(26-13-22)25-17-32(30-28-25)15-21-9-5-19(2)6-10-21/h3-13,16-17H,14-15H2,1-2H3. The van der Waals surface area contributed by atoms with Gasteiger partial charge < -0.3 is 0 Å². The van der Waals surface area contributed by atoms with Crippen LogP contribution in [-0.4, -0.2) is 35.0 Å². The number of benzene rings is 2. The zero-order chi connectivity index (χ0) is 21.9. The molecule has 0 N–H and O–H groups in total. The summed E-state index contributed by atoms with van der Waals surface area (Å²) in [6, 6.07) is 20.8. The van der Waals surface area contributed by atoms with E-state index in [1.807, 2.05) is 33.9 Å². The van der Waals surface area contributed by atoms with Crippen molar-refractivity contribution in [1.82, 2.24) is 35.0 Å². The lowest BCUT2D eigenvalue weighted by Crippen LogP contribution is -2.00. The van der Waals surface area contributed by atoms with Crippen molar-refractivity contribution in [1.29, 1.82) is 0 Å². The van der Waals surface area contributed by atoms with Crippen molar-refractivity contribution >= 4 is 0 Å². The van der Waals surface area contributed by atoms with Crippen LogP contribution in [0.5, 0.6) is 0 Å². The molecule has 0 spiro atoms. The van der Waals surface area contributed by atoms with Gasteiger partial charge in [-0.1, -0.05) is 70.1 Å². The molecule has 0 saturated carbocycles. The van der Waals surface area contributed by atoms with Crippen LogP contribution in [0.2, 0.25) is 0 Å². The Hall–Kier alpha value is -4.13. The molecule has 0 fully saturated rings. The van der Waals surface area contributed by atoms with Crippen LogP contribution in [0.3, 0.4) is 0 Å². The lowest BCUT2D eigenvalue weighted by Gasteiger charge is -2.01. The molecule has 7 heteroatoms. The van der Waals surface area contributed by atoms with Gasteiger partial charge in [0.15, 0.2) is 0 Å². The van der Waals surface area contributed by atoms with E-state index in [4.69, 9.17) is 0 Å². The predicted molar refractivity (Wildman–Crippen MR) is 123 cm³/mol. The summed E-state index contributed by atoms with van der Waals surface area (Å²) < 4.78 is 3.66. The fourth-order valence-corrected chi connectivity index (χ4v) is 3.46. The van der Waals surface area contributed by atoms with Crippen molar-refractivity contribution in [2.75, 3.05) is 0 Å². The van der Waals surface area contributed by atoms with Crippen LogP contribution in [-0.2, 0) is 13.1 Å². The molecule has 0 unspecified atom stereocenters. The molecule has 3 aromatic heterocycles. The Morgan fingerprint density at radius 2 is 1.12 bits per heavy atom.